The molecule has 0 atom stereocenters. The molecule has 0 aliphatic carbocycles. The van der Waals surface area contributed by atoms with Crippen molar-refractivity contribution < 1.29 is 0 Å². The highest BCUT2D eigenvalue weighted by Crippen LogP contribution is 2.16. The maximum absolute atomic E-state index is 4.50. The van der Waals surface area contributed by atoms with Crippen LogP contribution in [0, 0.1) is 6.92 Å². The van der Waals surface area contributed by atoms with Crippen molar-refractivity contribution in [2.24, 2.45) is 0 Å². The average Bonchev–Trinajstić information content (AvgIpc) is 2.42. The number of aryl methyl sites for hydroxylation is 2. The van der Waals surface area contributed by atoms with E-state index in [1.807, 2.05) is 11.8 Å². The van der Waals surface area contributed by atoms with Gasteiger partial charge >= 0.3 is 0 Å². The SMILES string of the molecule is CCn1cc(C)nc1CSC(C)C. The lowest BCUT2D eigenvalue weighted by atomic mass is 10.6. The zero-order chi connectivity index (χ0) is 9.84. The molecule has 74 valence electrons. The zero-order valence-electron chi connectivity index (χ0n) is 8.87. The predicted octanol–water partition coefficient (Wildman–Crippen LogP) is 2.85. The standard InChI is InChI=1S/C10H18N2S/c1-5-12-6-9(4)11-10(12)7-13-8(2)3/h6,8H,5,7H2,1-4H3. The lowest BCUT2D eigenvalue weighted by Crippen LogP contribution is -2.00. The number of aromatic nitrogens is 2. The Morgan fingerprint density at radius 1 is 1.54 bits per heavy atom. The van der Waals surface area contributed by atoms with Crippen LogP contribution >= 0.6 is 11.8 Å². The van der Waals surface area contributed by atoms with Crippen molar-refractivity contribution in [1.82, 2.24) is 9.55 Å². The molecule has 2 nitrogen and oxygen atoms in total. The van der Waals surface area contributed by atoms with Gasteiger partial charge < -0.3 is 4.57 Å². The van der Waals surface area contributed by atoms with E-state index in [1.54, 1.807) is 0 Å². The molecule has 0 N–H and O–H groups in total. The molecule has 0 spiro atoms. The van der Waals surface area contributed by atoms with Crippen LogP contribution in [0.3, 0.4) is 0 Å². The molecule has 1 rings (SSSR count). The minimum atomic E-state index is 0.683. The van der Waals surface area contributed by atoms with E-state index >= 15 is 0 Å². The van der Waals surface area contributed by atoms with Crippen LogP contribution in [0.5, 0.6) is 0 Å². The maximum Gasteiger partial charge on any atom is 0.118 e. The minimum absolute atomic E-state index is 0.683. The molecule has 0 fully saturated rings. The number of imidazole rings is 1. The number of nitrogens with zero attached hydrogens (tertiary/aromatic N) is 2. The van der Waals surface area contributed by atoms with Crippen LogP contribution in [0.1, 0.15) is 32.3 Å². The monoisotopic (exact) mass is 198 g/mol. The summed E-state index contributed by atoms with van der Waals surface area (Å²) in [5.41, 5.74) is 1.13. The Hall–Kier alpha value is -0.440. The van der Waals surface area contributed by atoms with Crippen LogP contribution in [-0.4, -0.2) is 14.8 Å². The number of rotatable bonds is 4. The van der Waals surface area contributed by atoms with E-state index in [4.69, 9.17) is 0 Å². The topological polar surface area (TPSA) is 17.8 Å². The second-order valence-electron chi connectivity index (χ2n) is 3.44. The van der Waals surface area contributed by atoms with E-state index in [0.29, 0.717) is 5.25 Å². The molecule has 0 bridgehead atoms. The maximum atomic E-state index is 4.50. The van der Waals surface area contributed by atoms with Crippen molar-refractivity contribution in [2.45, 2.75) is 45.2 Å². The van der Waals surface area contributed by atoms with Gasteiger partial charge in [-0.15, -0.1) is 0 Å². The fourth-order valence-electron chi connectivity index (χ4n) is 1.23. The summed E-state index contributed by atoms with van der Waals surface area (Å²) in [6, 6.07) is 0. The Labute approximate surface area is 84.7 Å². The Bertz CT molecular complexity index is 266. The fraction of sp³-hybridized carbons (Fsp3) is 0.700. The largest absolute Gasteiger partial charge is 0.334 e. The molecule has 1 heterocycles. The first-order valence-electron chi connectivity index (χ1n) is 4.77. The lowest BCUT2D eigenvalue weighted by Gasteiger charge is -2.05. The molecular formula is C10H18N2S. The highest BCUT2D eigenvalue weighted by atomic mass is 32.2. The molecule has 0 saturated carbocycles. The zero-order valence-corrected chi connectivity index (χ0v) is 9.69. The highest BCUT2D eigenvalue weighted by molar-refractivity contribution is 7.99. The van der Waals surface area contributed by atoms with Crippen LogP contribution in [0.2, 0.25) is 0 Å². The van der Waals surface area contributed by atoms with Gasteiger partial charge in [0.1, 0.15) is 5.82 Å². The Kier molecular flexibility index (Phi) is 3.85. The minimum Gasteiger partial charge on any atom is -0.334 e. The summed E-state index contributed by atoms with van der Waals surface area (Å²) in [6.07, 6.45) is 2.12. The van der Waals surface area contributed by atoms with Crippen LogP contribution in [0.25, 0.3) is 0 Å². The molecule has 13 heavy (non-hydrogen) atoms. The van der Waals surface area contributed by atoms with Gasteiger partial charge in [0.15, 0.2) is 0 Å². The molecule has 0 radical (unpaired) electrons. The summed E-state index contributed by atoms with van der Waals surface area (Å²) in [5.74, 6) is 2.23. The summed E-state index contributed by atoms with van der Waals surface area (Å²) >= 11 is 1.94. The first-order valence-corrected chi connectivity index (χ1v) is 5.82. The van der Waals surface area contributed by atoms with Gasteiger partial charge in [0.25, 0.3) is 0 Å². The molecule has 3 heteroatoms. The number of hydrogen-bond donors (Lipinski definition) is 0. The quantitative estimate of drug-likeness (QED) is 0.740. The van der Waals surface area contributed by atoms with Crippen molar-refractivity contribution in [3.63, 3.8) is 0 Å². The Balaban J connectivity index is 2.64. The van der Waals surface area contributed by atoms with Gasteiger partial charge in [-0.25, -0.2) is 4.98 Å². The third kappa shape index (κ3) is 3.07. The van der Waals surface area contributed by atoms with E-state index in [1.165, 1.54) is 5.82 Å². The van der Waals surface area contributed by atoms with Crippen molar-refractivity contribution in [1.29, 1.82) is 0 Å². The van der Waals surface area contributed by atoms with E-state index in [2.05, 4.69) is 43.4 Å². The van der Waals surface area contributed by atoms with E-state index in [0.717, 1.165) is 18.0 Å². The molecule has 0 aliphatic heterocycles. The predicted molar refractivity (Wildman–Crippen MR) is 59.1 cm³/mol. The molecule has 0 aliphatic rings. The summed E-state index contributed by atoms with van der Waals surface area (Å²) in [5, 5.41) is 0.683. The van der Waals surface area contributed by atoms with Gasteiger partial charge in [-0.3, -0.25) is 0 Å². The van der Waals surface area contributed by atoms with E-state index in [9.17, 15) is 0 Å². The molecule has 0 aromatic carbocycles. The molecule has 1 aromatic rings. The third-order valence-electron chi connectivity index (χ3n) is 1.87. The first-order chi connectivity index (χ1) is 6.13. The van der Waals surface area contributed by atoms with Crippen molar-refractivity contribution >= 4 is 11.8 Å². The summed E-state index contributed by atoms with van der Waals surface area (Å²) in [4.78, 5) is 4.50. The van der Waals surface area contributed by atoms with Gasteiger partial charge in [-0.05, 0) is 19.1 Å². The van der Waals surface area contributed by atoms with Gasteiger partial charge in [-0.2, -0.15) is 11.8 Å². The first kappa shape index (κ1) is 10.6. The lowest BCUT2D eigenvalue weighted by molar-refractivity contribution is 0.725. The number of hydrogen-bond acceptors (Lipinski definition) is 2. The third-order valence-corrected chi connectivity index (χ3v) is 2.96. The molecule has 0 unspecified atom stereocenters. The van der Waals surface area contributed by atoms with E-state index in [-0.39, 0.29) is 0 Å². The van der Waals surface area contributed by atoms with Gasteiger partial charge in [0.2, 0.25) is 0 Å². The Morgan fingerprint density at radius 3 is 2.77 bits per heavy atom. The van der Waals surface area contributed by atoms with Crippen molar-refractivity contribution in [3.8, 4) is 0 Å². The molecule has 0 amide bonds. The van der Waals surface area contributed by atoms with Crippen LogP contribution < -0.4 is 0 Å². The highest BCUT2D eigenvalue weighted by Gasteiger charge is 2.04. The van der Waals surface area contributed by atoms with Gasteiger partial charge in [-0.1, -0.05) is 13.8 Å². The summed E-state index contributed by atoms with van der Waals surface area (Å²) in [6.45, 7) is 9.67. The Morgan fingerprint density at radius 2 is 2.23 bits per heavy atom. The van der Waals surface area contributed by atoms with E-state index < -0.39 is 0 Å². The van der Waals surface area contributed by atoms with Crippen LogP contribution in [-0.2, 0) is 12.3 Å². The second kappa shape index (κ2) is 4.70. The summed E-state index contributed by atoms with van der Waals surface area (Å²) < 4.78 is 2.23. The average molecular weight is 198 g/mol. The number of thioether (sulfide) groups is 1. The van der Waals surface area contributed by atoms with Crippen molar-refractivity contribution in [2.75, 3.05) is 0 Å². The fourth-order valence-corrected chi connectivity index (χ4v) is 1.94. The second-order valence-corrected chi connectivity index (χ2v) is 5.01. The van der Waals surface area contributed by atoms with Crippen LogP contribution in [0.4, 0.5) is 0 Å². The molecule has 0 saturated heterocycles. The van der Waals surface area contributed by atoms with Gasteiger partial charge in [0, 0.05) is 12.7 Å². The molecular weight excluding hydrogens is 180 g/mol. The van der Waals surface area contributed by atoms with Crippen molar-refractivity contribution in [3.05, 3.63) is 17.7 Å². The smallest absolute Gasteiger partial charge is 0.118 e. The van der Waals surface area contributed by atoms with Gasteiger partial charge in [0.05, 0.1) is 11.4 Å². The van der Waals surface area contributed by atoms with Crippen LogP contribution in [0.15, 0.2) is 6.20 Å². The molecule has 1 aromatic heterocycles. The summed E-state index contributed by atoms with van der Waals surface area (Å²) in [7, 11) is 0. The normalized spacial score (nSPS) is 11.2.